The van der Waals surface area contributed by atoms with Crippen molar-refractivity contribution in [1.82, 2.24) is 9.97 Å². The van der Waals surface area contributed by atoms with Crippen LogP contribution in [0.3, 0.4) is 0 Å². The standard InChI is InChI=1S/C14H18N4O/c1-19-11-4-6-18(7-5-11)14-12-3-2-10(15)8-13(12)16-9-17-14/h2-3,8-9,11H,4-7,15H2,1H3. The molecule has 0 bridgehead atoms. The molecule has 0 saturated carbocycles. The molecule has 1 aromatic heterocycles. The second-order valence-corrected chi connectivity index (χ2v) is 4.90. The van der Waals surface area contributed by atoms with Gasteiger partial charge < -0.3 is 15.4 Å². The average molecular weight is 258 g/mol. The highest BCUT2D eigenvalue weighted by Crippen LogP contribution is 2.27. The molecule has 1 aliphatic heterocycles. The van der Waals surface area contributed by atoms with Crippen molar-refractivity contribution in [3.8, 4) is 0 Å². The summed E-state index contributed by atoms with van der Waals surface area (Å²) in [5, 5.41) is 1.06. The molecule has 0 amide bonds. The first-order valence-electron chi connectivity index (χ1n) is 6.56. The van der Waals surface area contributed by atoms with Gasteiger partial charge in [-0.2, -0.15) is 0 Å². The summed E-state index contributed by atoms with van der Waals surface area (Å²) in [6, 6.07) is 5.79. The van der Waals surface area contributed by atoms with Crippen molar-refractivity contribution >= 4 is 22.4 Å². The summed E-state index contributed by atoms with van der Waals surface area (Å²) in [5.74, 6) is 1.000. The molecule has 100 valence electrons. The average Bonchev–Trinajstić information content (AvgIpc) is 2.46. The normalized spacial score (nSPS) is 17.0. The molecule has 5 nitrogen and oxygen atoms in total. The Morgan fingerprint density at radius 3 is 2.79 bits per heavy atom. The molecule has 2 aromatic rings. The molecule has 0 spiro atoms. The Bertz CT molecular complexity index is 579. The number of hydrogen-bond acceptors (Lipinski definition) is 5. The Hall–Kier alpha value is -1.88. The predicted molar refractivity (Wildman–Crippen MR) is 76.2 cm³/mol. The number of rotatable bonds is 2. The van der Waals surface area contributed by atoms with Gasteiger partial charge in [0.1, 0.15) is 12.1 Å². The van der Waals surface area contributed by atoms with Crippen molar-refractivity contribution in [2.24, 2.45) is 0 Å². The highest BCUT2D eigenvalue weighted by molar-refractivity contribution is 5.91. The number of nitrogens with zero attached hydrogens (tertiary/aromatic N) is 3. The quantitative estimate of drug-likeness (QED) is 0.832. The lowest BCUT2D eigenvalue weighted by Crippen LogP contribution is -2.37. The third kappa shape index (κ3) is 2.33. The van der Waals surface area contributed by atoms with Crippen LogP contribution in [0.15, 0.2) is 24.5 Å². The molecule has 2 N–H and O–H groups in total. The van der Waals surface area contributed by atoms with Crippen molar-refractivity contribution < 1.29 is 4.74 Å². The van der Waals surface area contributed by atoms with E-state index in [1.807, 2.05) is 18.2 Å². The third-order valence-corrected chi connectivity index (χ3v) is 3.71. The fraction of sp³-hybridized carbons (Fsp3) is 0.429. The number of aromatic nitrogens is 2. The van der Waals surface area contributed by atoms with Crippen LogP contribution in [0.2, 0.25) is 0 Å². The summed E-state index contributed by atoms with van der Waals surface area (Å²) in [4.78, 5) is 11.0. The molecule has 0 aliphatic carbocycles. The second-order valence-electron chi connectivity index (χ2n) is 4.90. The molecular weight excluding hydrogens is 240 g/mol. The summed E-state index contributed by atoms with van der Waals surface area (Å²) in [7, 11) is 1.78. The summed E-state index contributed by atoms with van der Waals surface area (Å²) < 4.78 is 5.40. The van der Waals surface area contributed by atoms with E-state index in [-0.39, 0.29) is 0 Å². The molecule has 1 fully saturated rings. The van der Waals surface area contributed by atoms with Gasteiger partial charge in [0, 0.05) is 31.3 Å². The third-order valence-electron chi connectivity index (χ3n) is 3.71. The molecule has 5 heteroatoms. The molecule has 2 heterocycles. The van der Waals surface area contributed by atoms with Crippen LogP contribution in [0.5, 0.6) is 0 Å². The fourth-order valence-corrected chi connectivity index (χ4v) is 2.62. The number of hydrogen-bond donors (Lipinski definition) is 1. The number of anilines is 2. The van der Waals surface area contributed by atoms with Crippen LogP contribution < -0.4 is 10.6 Å². The van der Waals surface area contributed by atoms with E-state index in [1.165, 1.54) is 0 Å². The first kappa shape index (κ1) is 12.2. The monoisotopic (exact) mass is 258 g/mol. The zero-order valence-corrected chi connectivity index (χ0v) is 11.0. The van der Waals surface area contributed by atoms with Crippen LogP contribution >= 0.6 is 0 Å². The van der Waals surface area contributed by atoms with Gasteiger partial charge in [-0.3, -0.25) is 0 Å². The van der Waals surface area contributed by atoms with E-state index < -0.39 is 0 Å². The van der Waals surface area contributed by atoms with E-state index in [0.717, 1.165) is 48.3 Å². The molecule has 1 saturated heterocycles. The lowest BCUT2D eigenvalue weighted by atomic mass is 10.1. The highest BCUT2D eigenvalue weighted by Gasteiger charge is 2.21. The Labute approximate surface area is 112 Å². The van der Waals surface area contributed by atoms with Gasteiger partial charge in [0.05, 0.1) is 11.6 Å². The minimum absolute atomic E-state index is 0.375. The number of ether oxygens (including phenoxy) is 1. The Balaban J connectivity index is 1.93. The number of piperidine rings is 1. The van der Waals surface area contributed by atoms with E-state index in [0.29, 0.717) is 6.10 Å². The number of methoxy groups -OCH3 is 1. The Morgan fingerprint density at radius 2 is 2.05 bits per heavy atom. The van der Waals surface area contributed by atoms with Crippen LogP contribution in [-0.2, 0) is 4.74 Å². The summed E-state index contributed by atoms with van der Waals surface area (Å²) >= 11 is 0. The minimum atomic E-state index is 0.375. The lowest BCUT2D eigenvalue weighted by Gasteiger charge is -2.32. The molecule has 1 aliphatic rings. The van der Waals surface area contributed by atoms with E-state index in [1.54, 1.807) is 13.4 Å². The number of fused-ring (bicyclic) bond motifs is 1. The zero-order valence-electron chi connectivity index (χ0n) is 11.0. The van der Waals surface area contributed by atoms with Crippen LogP contribution in [-0.4, -0.2) is 36.3 Å². The molecule has 0 atom stereocenters. The minimum Gasteiger partial charge on any atom is -0.399 e. The topological polar surface area (TPSA) is 64.3 Å². The van der Waals surface area contributed by atoms with Gasteiger partial charge in [-0.25, -0.2) is 9.97 Å². The van der Waals surface area contributed by atoms with E-state index in [9.17, 15) is 0 Å². The maximum atomic E-state index is 5.80. The largest absolute Gasteiger partial charge is 0.399 e. The van der Waals surface area contributed by atoms with Crippen molar-refractivity contribution in [3.05, 3.63) is 24.5 Å². The highest BCUT2D eigenvalue weighted by atomic mass is 16.5. The SMILES string of the molecule is COC1CCN(c2ncnc3cc(N)ccc23)CC1. The lowest BCUT2D eigenvalue weighted by molar-refractivity contribution is 0.0818. The summed E-state index contributed by atoms with van der Waals surface area (Å²) in [6.45, 7) is 1.93. The Morgan fingerprint density at radius 1 is 1.26 bits per heavy atom. The van der Waals surface area contributed by atoms with Crippen LogP contribution in [0.25, 0.3) is 10.9 Å². The summed E-state index contributed by atoms with van der Waals surface area (Å²) in [5.41, 5.74) is 7.43. The van der Waals surface area contributed by atoms with Crippen molar-refractivity contribution in [1.29, 1.82) is 0 Å². The van der Waals surface area contributed by atoms with Gasteiger partial charge in [-0.15, -0.1) is 0 Å². The maximum Gasteiger partial charge on any atom is 0.139 e. The van der Waals surface area contributed by atoms with Crippen molar-refractivity contribution in [3.63, 3.8) is 0 Å². The molecule has 0 radical (unpaired) electrons. The van der Waals surface area contributed by atoms with E-state index >= 15 is 0 Å². The van der Waals surface area contributed by atoms with Crippen LogP contribution in [0.4, 0.5) is 11.5 Å². The zero-order chi connectivity index (χ0) is 13.2. The predicted octanol–water partition coefficient (Wildman–Crippen LogP) is 1.83. The van der Waals surface area contributed by atoms with E-state index in [2.05, 4.69) is 14.9 Å². The van der Waals surface area contributed by atoms with Crippen LogP contribution in [0, 0.1) is 0 Å². The van der Waals surface area contributed by atoms with E-state index in [4.69, 9.17) is 10.5 Å². The van der Waals surface area contributed by atoms with Gasteiger partial charge in [-0.1, -0.05) is 0 Å². The number of nitrogen functional groups attached to an aromatic ring is 1. The molecule has 3 rings (SSSR count). The molecule has 1 aromatic carbocycles. The van der Waals surface area contributed by atoms with Gasteiger partial charge in [0.25, 0.3) is 0 Å². The van der Waals surface area contributed by atoms with Gasteiger partial charge in [0.2, 0.25) is 0 Å². The first-order valence-corrected chi connectivity index (χ1v) is 6.56. The second kappa shape index (κ2) is 5.01. The fourth-order valence-electron chi connectivity index (χ4n) is 2.62. The molecular formula is C14H18N4O. The van der Waals surface area contributed by atoms with Gasteiger partial charge >= 0.3 is 0 Å². The smallest absolute Gasteiger partial charge is 0.139 e. The number of nitrogens with two attached hydrogens (primary N) is 1. The first-order chi connectivity index (χ1) is 9.28. The summed E-state index contributed by atoms with van der Waals surface area (Å²) in [6.07, 6.45) is 4.06. The van der Waals surface area contributed by atoms with Crippen LogP contribution in [0.1, 0.15) is 12.8 Å². The van der Waals surface area contributed by atoms with Gasteiger partial charge in [0.15, 0.2) is 0 Å². The number of benzene rings is 1. The van der Waals surface area contributed by atoms with Crippen molar-refractivity contribution in [2.75, 3.05) is 30.8 Å². The molecule has 0 unspecified atom stereocenters. The van der Waals surface area contributed by atoms with Gasteiger partial charge in [-0.05, 0) is 31.0 Å². The maximum absolute atomic E-state index is 5.80. The Kier molecular flexibility index (Phi) is 3.21. The van der Waals surface area contributed by atoms with Crippen molar-refractivity contribution in [2.45, 2.75) is 18.9 Å². The molecule has 19 heavy (non-hydrogen) atoms.